The van der Waals surface area contributed by atoms with E-state index in [-0.39, 0.29) is 11.8 Å². The van der Waals surface area contributed by atoms with E-state index in [2.05, 4.69) is 10.3 Å². The van der Waals surface area contributed by atoms with Gasteiger partial charge in [-0.3, -0.25) is 19.1 Å². The Labute approximate surface area is 131 Å². The third-order valence-corrected chi connectivity index (χ3v) is 3.55. The van der Waals surface area contributed by atoms with Crippen LogP contribution in [-0.2, 0) is 6.54 Å². The number of amides is 1. The zero-order valence-electron chi connectivity index (χ0n) is 12.4. The number of pyridine rings is 1. The molecule has 0 saturated heterocycles. The molecule has 3 aromatic rings. The van der Waals surface area contributed by atoms with Crippen LogP contribution in [0.2, 0.25) is 0 Å². The molecule has 0 spiro atoms. The maximum absolute atomic E-state index is 13.4. The average Bonchev–Trinajstić information content (AvgIpc) is 2.92. The molecule has 1 amide bonds. The van der Waals surface area contributed by atoms with Crippen LogP contribution in [0.25, 0.3) is 10.9 Å². The van der Waals surface area contributed by atoms with Crippen molar-refractivity contribution in [3.63, 3.8) is 0 Å². The van der Waals surface area contributed by atoms with Crippen molar-refractivity contribution in [1.82, 2.24) is 14.9 Å². The number of hydrogen-bond donors (Lipinski definition) is 1. The molecule has 0 unspecified atom stereocenters. The van der Waals surface area contributed by atoms with Gasteiger partial charge in [-0.2, -0.15) is 0 Å². The van der Waals surface area contributed by atoms with Crippen LogP contribution >= 0.6 is 0 Å². The highest BCUT2D eigenvalue weighted by molar-refractivity contribution is 6.09. The lowest BCUT2D eigenvalue weighted by molar-refractivity contribution is 0.0941. The first-order valence-corrected chi connectivity index (χ1v) is 7.05. The molecule has 23 heavy (non-hydrogen) atoms. The number of fused-ring (bicyclic) bond motifs is 1. The van der Waals surface area contributed by atoms with Gasteiger partial charge in [0.25, 0.3) is 5.91 Å². The highest BCUT2D eigenvalue weighted by Gasteiger charge is 2.17. The first-order chi connectivity index (χ1) is 11.1. The van der Waals surface area contributed by atoms with Crippen molar-refractivity contribution in [2.45, 2.75) is 13.5 Å². The van der Waals surface area contributed by atoms with Crippen molar-refractivity contribution < 1.29 is 14.0 Å². The summed E-state index contributed by atoms with van der Waals surface area (Å²) < 4.78 is 14.7. The topological polar surface area (TPSA) is 64.0 Å². The van der Waals surface area contributed by atoms with Gasteiger partial charge in [-0.1, -0.05) is 0 Å². The van der Waals surface area contributed by atoms with Crippen LogP contribution in [0, 0.1) is 5.82 Å². The first kappa shape index (κ1) is 14.9. The van der Waals surface area contributed by atoms with E-state index in [0.717, 1.165) is 5.56 Å². The summed E-state index contributed by atoms with van der Waals surface area (Å²) in [6.07, 6.45) is 4.73. The van der Waals surface area contributed by atoms with Gasteiger partial charge in [0.15, 0.2) is 0 Å². The Hall–Kier alpha value is -3.02. The molecule has 5 nitrogen and oxygen atoms in total. The van der Waals surface area contributed by atoms with Gasteiger partial charge >= 0.3 is 0 Å². The van der Waals surface area contributed by atoms with Crippen LogP contribution in [-0.4, -0.2) is 21.4 Å². The summed E-state index contributed by atoms with van der Waals surface area (Å²) in [5.41, 5.74) is 1.63. The normalized spacial score (nSPS) is 10.7. The highest BCUT2D eigenvalue weighted by Crippen LogP contribution is 2.22. The Kier molecular flexibility index (Phi) is 3.89. The van der Waals surface area contributed by atoms with E-state index >= 15 is 0 Å². The van der Waals surface area contributed by atoms with Crippen molar-refractivity contribution in [2.75, 3.05) is 0 Å². The summed E-state index contributed by atoms with van der Waals surface area (Å²) in [6, 6.07) is 7.62. The molecule has 3 rings (SSSR count). The predicted molar refractivity (Wildman–Crippen MR) is 83.6 cm³/mol. The van der Waals surface area contributed by atoms with Gasteiger partial charge in [-0.25, -0.2) is 4.39 Å². The molecule has 0 radical (unpaired) electrons. The van der Waals surface area contributed by atoms with Crippen LogP contribution < -0.4 is 5.32 Å². The van der Waals surface area contributed by atoms with E-state index < -0.39 is 5.82 Å². The molecule has 0 aliphatic rings. The van der Waals surface area contributed by atoms with Crippen LogP contribution in [0.3, 0.4) is 0 Å². The lowest BCUT2D eigenvalue weighted by Crippen LogP contribution is -2.22. The standard InChI is InChI=1S/C17H14FN3O2/c1-11(22)21-10-15(14-3-2-13(18)8-16(14)21)17(23)20-9-12-4-6-19-7-5-12/h2-8,10H,9H2,1H3,(H,20,23). The minimum Gasteiger partial charge on any atom is -0.348 e. The third-order valence-electron chi connectivity index (χ3n) is 3.55. The molecule has 2 aromatic heterocycles. The van der Waals surface area contributed by atoms with E-state index in [0.29, 0.717) is 23.0 Å². The molecule has 0 atom stereocenters. The lowest BCUT2D eigenvalue weighted by atomic mass is 10.1. The maximum atomic E-state index is 13.4. The zero-order valence-corrected chi connectivity index (χ0v) is 12.4. The number of carbonyl (C=O) groups is 2. The summed E-state index contributed by atoms with van der Waals surface area (Å²) >= 11 is 0. The molecule has 0 aliphatic carbocycles. The molecular weight excluding hydrogens is 297 g/mol. The minimum atomic E-state index is -0.457. The largest absolute Gasteiger partial charge is 0.348 e. The van der Waals surface area contributed by atoms with Gasteiger partial charge in [0.05, 0.1) is 11.1 Å². The summed E-state index contributed by atoms with van der Waals surface area (Å²) in [4.78, 5) is 28.0. The van der Waals surface area contributed by atoms with Crippen molar-refractivity contribution >= 4 is 22.7 Å². The van der Waals surface area contributed by atoms with Crippen LogP contribution in [0.15, 0.2) is 48.9 Å². The number of rotatable bonds is 3. The predicted octanol–water partition coefficient (Wildman–Crippen LogP) is 2.77. The Morgan fingerprint density at radius 1 is 1.22 bits per heavy atom. The molecule has 1 N–H and O–H groups in total. The molecule has 0 aliphatic heterocycles. The molecule has 1 aromatic carbocycles. The van der Waals surface area contributed by atoms with Gasteiger partial charge in [-0.15, -0.1) is 0 Å². The second kappa shape index (κ2) is 6.00. The second-order valence-electron chi connectivity index (χ2n) is 5.13. The zero-order chi connectivity index (χ0) is 16.4. The third kappa shape index (κ3) is 2.96. The Bertz CT molecular complexity index is 887. The van der Waals surface area contributed by atoms with Crippen molar-refractivity contribution in [3.05, 3.63) is 65.9 Å². The fourth-order valence-corrected chi connectivity index (χ4v) is 2.42. The maximum Gasteiger partial charge on any atom is 0.253 e. The monoisotopic (exact) mass is 311 g/mol. The number of halogens is 1. The highest BCUT2D eigenvalue weighted by atomic mass is 19.1. The summed E-state index contributed by atoms with van der Waals surface area (Å²) in [5.74, 6) is -1.06. The van der Waals surface area contributed by atoms with Gasteiger partial charge < -0.3 is 5.32 Å². The Morgan fingerprint density at radius 3 is 2.65 bits per heavy atom. The fraction of sp³-hybridized carbons (Fsp3) is 0.118. The van der Waals surface area contributed by atoms with Gasteiger partial charge in [0.2, 0.25) is 5.91 Å². The van der Waals surface area contributed by atoms with Crippen LogP contribution in [0.5, 0.6) is 0 Å². The lowest BCUT2D eigenvalue weighted by Gasteiger charge is -2.04. The quantitative estimate of drug-likeness (QED) is 0.809. The molecule has 0 fully saturated rings. The van der Waals surface area contributed by atoms with E-state index in [1.165, 1.54) is 35.9 Å². The van der Waals surface area contributed by atoms with E-state index in [4.69, 9.17) is 0 Å². The molecular formula is C17H14FN3O2. The minimum absolute atomic E-state index is 0.284. The number of hydrogen-bond acceptors (Lipinski definition) is 3. The average molecular weight is 311 g/mol. The molecule has 2 heterocycles. The Balaban J connectivity index is 1.93. The van der Waals surface area contributed by atoms with Crippen molar-refractivity contribution in [3.8, 4) is 0 Å². The van der Waals surface area contributed by atoms with E-state index in [9.17, 15) is 14.0 Å². The van der Waals surface area contributed by atoms with E-state index in [1.807, 2.05) is 0 Å². The number of nitrogens with one attached hydrogen (secondary N) is 1. The van der Waals surface area contributed by atoms with Gasteiger partial charge in [0, 0.05) is 37.4 Å². The molecule has 0 saturated carbocycles. The number of nitrogens with zero attached hydrogens (tertiary/aromatic N) is 2. The van der Waals surface area contributed by atoms with Crippen molar-refractivity contribution in [2.24, 2.45) is 0 Å². The first-order valence-electron chi connectivity index (χ1n) is 7.05. The molecule has 0 bridgehead atoms. The molecule has 116 valence electrons. The van der Waals surface area contributed by atoms with Gasteiger partial charge in [-0.05, 0) is 35.9 Å². The van der Waals surface area contributed by atoms with Gasteiger partial charge in [0.1, 0.15) is 5.82 Å². The SMILES string of the molecule is CC(=O)n1cc(C(=O)NCc2ccncc2)c2ccc(F)cc21. The van der Waals surface area contributed by atoms with Crippen molar-refractivity contribution in [1.29, 1.82) is 0 Å². The number of aromatic nitrogens is 2. The number of benzene rings is 1. The number of carbonyl (C=O) groups excluding carboxylic acids is 2. The summed E-state index contributed by atoms with van der Waals surface area (Å²) in [6.45, 7) is 1.71. The smallest absolute Gasteiger partial charge is 0.253 e. The van der Waals surface area contributed by atoms with Crippen LogP contribution in [0.4, 0.5) is 4.39 Å². The second-order valence-corrected chi connectivity index (χ2v) is 5.13. The summed E-state index contributed by atoms with van der Waals surface area (Å²) in [7, 11) is 0. The van der Waals surface area contributed by atoms with Crippen LogP contribution in [0.1, 0.15) is 27.6 Å². The Morgan fingerprint density at radius 2 is 1.96 bits per heavy atom. The summed E-state index contributed by atoms with van der Waals surface area (Å²) in [5, 5.41) is 3.33. The van der Waals surface area contributed by atoms with E-state index in [1.54, 1.807) is 24.5 Å². The molecule has 6 heteroatoms. The fourth-order valence-electron chi connectivity index (χ4n) is 2.42.